The van der Waals surface area contributed by atoms with Crippen molar-refractivity contribution in [1.82, 2.24) is 0 Å². The topological polar surface area (TPSA) is 132 Å². The molecule has 0 bridgehead atoms. The number of carbonyl (C=O) groups excluding carboxylic acids is 2. The zero-order chi connectivity index (χ0) is 26.7. The van der Waals surface area contributed by atoms with Gasteiger partial charge in [0.05, 0.1) is 23.9 Å². The maximum absolute atomic E-state index is 13.1. The molecule has 210 valence electrons. The van der Waals surface area contributed by atoms with Crippen LogP contribution in [0, 0.1) is 34.5 Å². The summed E-state index contributed by atoms with van der Waals surface area (Å²) in [7, 11) is 0. The van der Waals surface area contributed by atoms with Crippen molar-refractivity contribution < 1.29 is 43.9 Å². The summed E-state index contributed by atoms with van der Waals surface area (Å²) in [6.45, 7) is 4.31. The van der Waals surface area contributed by atoms with Gasteiger partial charge in [0.2, 0.25) is 12.1 Å². The summed E-state index contributed by atoms with van der Waals surface area (Å²) < 4.78 is 23.5. The van der Waals surface area contributed by atoms with Crippen LogP contribution in [0.4, 0.5) is 0 Å². The number of cyclic esters (lactones) is 1. The zero-order valence-electron chi connectivity index (χ0n) is 22.2. The first-order chi connectivity index (χ1) is 18.0. The van der Waals surface area contributed by atoms with Crippen LogP contribution in [0.2, 0.25) is 0 Å². The highest BCUT2D eigenvalue weighted by Crippen LogP contribution is 2.70. The van der Waals surface area contributed by atoms with Crippen molar-refractivity contribution in [3.8, 4) is 0 Å². The smallest absolute Gasteiger partial charge is 0.331 e. The molecule has 0 aromatic rings. The Balaban J connectivity index is 1.18. The molecule has 7 rings (SSSR count). The van der Waals surface area contributed by atoms with Crippen LogP contribution in [-0.4, -0.2) is 76.3 Å². The Hall–Kier alpha value is -1.36. The van der Waals surface area contributed by atoms with E-state index in [2.05, 4.69) is 6.92 Å². The standard InChI is InChI=1S/C29H40O9/c1-15-9-23(31)29(34)25(36-15)37-21-11-17-3-4-20-19(27(17,14-30)12-22(21)38-29)5-7-26(2)18(6-8-28(20,26)33)16-10-24(32)35-13-16/h10,14-15,17-23,25,31,33-34H,3-9,11-13H2,1-2H3/t15?,17-,18?,19?,20?,21?,22+,23?,25?,26?,27?,28?,29?/m0/s1. The Morgan fingerprint density at radius 2 is 1.84 bits per heavy atom. The first kappa shape index (κ1) is 25.6. The molecule has 0 spiro atoms. The molecule has 13 atom stereocenters. The minimum atomic E-state index is -1.96. The predicted octanol–water partition coefficient (Wildman–Crippen LogP) is 2.00. The Morgan fingerprint density at radius 1 is 1.03 bits per heavy atom. The Bertz CT molecular complexity index is 1060. The van der Waals surface area contributed by atoms with Gasteiger partial charge >= 0.3 is 5.97 Å². The summed E-state index contributed by atoms with van der Waals surface area (Å²) in [5.74, 6) is -2.11. The summed E-state index contributed by atoms with van der Waals surface area (Å²) >= 11 is 0. The van der Waals surface area contributed by atoms with Gasteiger partial charge in [0.1, 0.15) is 19.0 Å². The monoisotopic (exact) mass is 532 g/mol. The van der Waals surface area contributed by atoms with E-state index in [9.17, 15) is 24.9 Å². The van der Waals surface area contributed by atoms with E-state index in [-0.39, 0.29) is 53.7 Å². The van der Waals surface area contributed by atoms with Crippen molar-refractivity contribution in [3.05, 3.63) is 11.6 Å². The van der Waals surface area contributed by atoms with Gasteiger partial charge in [-0.05, 0) is 87.5 Å². The van der Waals surface area contributed by atoms with E-state index >= 15 is 0 Å². The van der Waals surface area contributed by atoms with Gasteiger partial charge in [0, 0.05) is 23.3 Å². The van der Waals surface area contributed by atoms with E-state index < -0.39 is 35.3 Å². The van der Waals surface area contributed by atoms with Gasteiger partial charge in [0.25, 0.3) is 0 Å². The second kappa shape index (κ2) is 8.33. The number of aliphatic hydroxyl groups is 3. The number of rotatable bonds is 2. The molecular weight excluding hydrogens is 492 g/mol. The lowest BCUT2D eigenvalue weighted by molar-refractivity contribution is -0.457. The van der Waals surface area contributed by atoms with Gasteiger partial charge in [-0.3, -0.25) is 0 Å². The lowest BCUT2D eigenvalue weighted by Crippen LogP contribution is -2.71. The van der Waals surface area contributed by atoms with Crippen LogP contribution >= 0.6 is 0 Å². The lowest BCUT2D eigenvalue weighted by atomic mass is 9.42. The third-order valence-corrected chi connectivity index (χ3v) is 12.1. The average molecular weight is 533 g/mol. The van der Waals surface area contributed by atoms with Gasteiger partial charge in [-0.1, -0.05) is 6.92 Å². The largest absolute Gasteiger partial charge is 0.458 e. The first-order valence-electron chi connectivity index (χ1n) is 14.5. The zero-order valence-corrected chi connectivity index (χ0v) is 22.2. The minimum Gasteiger partial charge on any atom is -0.458 e. The van der Waals surface area contributed by atoms with Crippen molar-refractivity contribution in [2.75, 3.05) is 6.61 Å². The van der Waals surface area contributed by atoms with Crippen molar-refractivity contribution in [2.24, 2.45) is 34.5 Å². The van der Waals surface area contributed by atoms with Crippen molar-refractivity contribution in [3.63, 3.8) is 0 Å². The number of hydrogen-bond donors (Lipinski definition) is 3. The van der Waals surface area contributed by atoms with E-state index in [0.717, 1.165) is 44.0 Å². The van der Waals surface area contributed by atoms with Gasteiger partial charge < -0.3 is 39.1 Å². The van der Waals surface area contributed by atoms with Crippen LogP contribution in [0.3, 0.4) is 0 Å². The number of ether oxygens (including phenoxy) is 4. The van der Waals surface area contributed by atoms with E-state index in [0.29, 0.717) is 25.9 Å². The summed E-state index contributed by atoms with van der Waals surface area (Å²) in [6, 6.07) is 0. The van der Waals surface area contributed by atoms with Crippen molar-refractivity contribution in [1.29, 1.82) is 0 Å². The number of fused-ring (bicyclic) bond motifs is 7. The minimum absolute atomic E-state index is 0.00418. The number of aliphatic hydroxyl groups excluding tert-OH is 1. The highest BCUT2D eigenvalue weighted by Gasteiger charge is 2.70. The normalized spacial score (nSPS) is 57.4. The van der Waals surface area contributed by atoms with Gasteiger partial charge in [-0.15, -0.1) is 0 Å². The van der Waals surface area contributed by atoms with E-state index in [1.165, 1.54) is 0 Å². The number of aldehydes is 1. The van der Waals surface area contributed by atoms with E-state index in [1.807, 2.05) is 6.92 Å². The van der Waals surface area contributed by atoms with Crippen LogP contribution in [0.15, 0.2) is 11.6 Å². The van der Waals surface area contributed by atoms with E-state index in [4.69, 9.17) is 18.9 Å². The van der Waals surface area contributed by atoms with Crippen LogP contribution in [0.5, 0.6) is 0 Å². The molecule has 3 N–H and O–H groups in total. The molecule has 0 aromatic carbocycles. The Labute approximate surface area is 222 Å². The van der Waals surface area contributed by atoms with Crippen LogP contribution in [-0.2, 0) is 28.5 Å². The molecule has 4 aliphatic carbocycles. The molecule has 0 aromatic heterocycles. The summed E-state index contributed by atoms with van der Waals surface area (Å²) in [4.78, 5) is 24.9. The van der Waals surface area contributed by atoms with Crippen LogP contribution < -0.4 is 0 Å². The molecule has 9 heteroatoms. The van der Waals surface area contributed by atoms with Crippen LogP contribution in [0.1, 0.15) is 71.6 Å². The fourth-order valence-electron chi connectivity index (χ4n) is 10.2. The highest BCUT2D eigenvalue weighted by molar-refractivity contribution is 5.85. The molecule has 38 heavy (non-hydrogen) atoms. The molecular formula is C29H40O9. The second-order valence-corrected chi connectivity index (χ2v) is 13.6. The number of hydrogen-bond acceptors (Lipinski definition) is 9. The third-order valence-electron chi connectivity index (χ3n) is 12.1. The fraction of sp³-hybridized carbons (Fsp3) is 0.862. The van der Waals surface area contributed by atoms with E-state index in [1.54, 1.807) is 6.08 Å². The molecule has 4 saturated carbocycles. The van der Waals surface area contributed by atoms with Gasteiger partial charge in [-0.2, -0.15) is 0 Å². The molecule has 2 saturated heterocycles. The molecule has 7 aliphatic rings. The predicted molar refractivity (Wildman–Crippen MR) is 131 cm³/mol. The third kappa shape index (κ3) is 3.20. The first-order valence-corrected chi connectivity index (χ1v) is 14.5. The molecule has 0 amide bonds. The quantitative estimate of drug-likeness (QED) is 0.278. The number of carbonyl (C=O) groups is 2. The molecule has 3 heterocycles. The summed E-state index contributed by atoms with van der Waals surface area (Å²) in [6.07, 6.45) is 5.34. The van der Waals surface area contributed by atoms with Crippen molar-refractivity contribution >= 4 is 12.3 Å². The highest BCUT2D eigenvalue weighted by atomic mass is 16.8. The van der Waals surface area contributed by atoms with Gasteiger partial charge in [-0.25, -0.2) is 4.79 Å². The molecule has 0 radical (unpaired) electrons. The lowest BCUT2D eigenvalue weighted by Gasteiger charge is -2.64. The molecule has 9 nitrogen and oxygen atoms in total. The van der Waals surface area contributed by atoms with Gasteiger partial charge in [0.15, 0.2) is 0 Å². The Morgan fingerprint density at radius 3 is 2.58 bits per heavy atom. The van der Waals surface area contributed by atoms with Crippen LogP contribution in [0.25, 0.3) is 0 Å². The average Bonchev–Trinajstić information content (AvgIpc) is 3.42. The maximum atomic E-state index is 13.1. The van der Waals surface area contributed by atoms with Crippen molar-refractivity contribution in [2.45, 2.75) is 114 Å². The summed E-state index contributed by atoms with van der Waals surface area (Å²) in [5, 5.41) is 34.4. The fourth-order valence-corrected chi connectivity index (χ4v) is 10.2. The Kier molecular flexibility index (Phi) is 5.61. The molecule has 3 aliphatic heterocycles. The SMILES string of the molecule is CC1CC(O)C2(O)O[C@@H]3CC4(C=O)C5CCC6(C)C(C7=CC(=O)OC7)CCC6(O)C5CC[C@H]4CC3OC2O1. The maximum Gasteiger partial charge on any atom is 0.331 e. The summed E-state index contributed by atoms with van der Waals surface area (Å²) in [5.41, 5.74) is -1.01. The molecule has 6 fully saturated rings. The number of esters is 1. The second-order valence-electron chi connectivity index (χ2n) is 13.6. The molecule has 11 unspecified atom stereocenters.